The summed E-state index contributed by atoms with van der Waals surface area (Å²) in [6.07, 6.45) is -4.47. The fourth-order valence-electron chi connectivity index (χ4n) is 3.47. The van der Waals surface area contributed by atoms with Gasteiger partial charge in [0.05, 0.1) is 17.8 Å². The zero-order chi connectivity index (χ0) is 24.0. The quantitative estimate of drug-likeness (QED) is 0.574. The van der Waals surface area contributed by atoms with Crippen LogP contribution in [-0.2, 0) is 30.9 Å². The predicted octanol–water partition coefficient (Wildman–Crippen LogP) is 3.65. The van der Waals surface area contributed by atoms with Gasteiger partial charge in [0.15, 0.2) is 5.82 Å². The zero-order valence-corrected chi connectivity index (χ0v) is 18.5. The lowest BCUT2D eigenvalue weighted by Crippen LogP contribution is -2.40. The highest BCUT2D eigenvalue weighted by Crippen LogP contribution is 2.32. The lowest BCUT2D eigenvalue weighted by Gasteiger charge is -2.31. The molecule has 0 fully saturated rings. The number of alkyl halides is 3. The van der Waals surface area contributed by atoms with E-state index in [2.05, 4.69) is 25.5 Å². The van der Waals surface area contributed by atoms with Crippen LogP contribution < -0.4 is 0 Å². The molecule has 0 saturated carbocycles. The van der Waals surface area contributed by atoms with Crippen molar-refractivity contribution in [1.29, 1.82) is 0 Å². The second-order valence-electron chi connectivity index (χ2n) is 8.67. The molecule has 174 valence electrons. The van der Waals surface area contributed by atoms with Gasteiger partial charge in [-0.2, -0.15) is 13.2 Å². The Balaban J connectivity index is 1.76. The summed E-state index contributed by atoms with van der Waals surface area (Å²) in [6.45, 7) is 5.91. The van der Waals surface area contributed by atoms with Crippen molar-refractivity contribution in [3.05, 3.63) is 41.1 Å². The Morgan fingerprint density at radius 2 is 1.79 bits per heavy atom. The van der Waals surface area contributed by atoms with Crippen LogP contribution in [0.15, 0.2) is 24.3 Å². The minimum atomic E-state index is -4.45. The molecule has 3 aromatic rings. The number of carbonyl (C=O) groups excluding carboxylic acids is 1. The average molecular weight is 461 g/mol. The van der Waals surface area contributed by atoms with Gasteiger partial charge >= 0.3 is 12.3 Å². The standard InChI is InChI=1S/C21H22F3N7O2/c1-20(2,3)33-19(32)31-10-9-14-15(11-31)25-17(26-16(14)18-27-28-29-30(18)4)12-5-7-13(8-6-12)21(22,23)24/h5-8H,9-11H2,1-4H3. The van der Waals surface area contributed by atoms with E-state index >= 15 is 0 Å². The molecule has 1 amide bonds. The molecule has 2 aromatic heterocycles. The SMILES string of the molecule is Cn1nnnc1-c1nc(-c2ccc(C(F)(F)F)cc2)nc2c1CCN(C(=O)OC(C)(C)C)C2. The Morgan fingerprint density at radius 1 is 1.09 bits per heavy atom. The third-order valence-corrected chi connectivity index (χ3v) is 5.02. The molecule has 1 aromatic carbocycles. The third-order valence-electron chi connectivity index (χ3n) is 5.02. The number of benzene rings is 1. The van der Waals surface area contributed by atoms with E-state index in [1.165, 1.54) is 21.7 Å². The maximum absolute atomic E-state index is 13.0. The fraction of sp³-hybridized carbons (Fsp3) is 0.429. The molecule has 0 spiro atoms. The molecular weight excluding hydrogens is 439 g/mol. The number of aryl methyl sites for hydroxylation is 1. The Morgan fingerprint density at radius 3 is 2.36 bits per heavy atom. The molecule has 12 heteroatoms. The van der Waals surface area contributed by atoms with Crippen molar-refractivity contribution in [3.63, 3.8) is 0 Å². The lowest BCUT2D eigenvalue weighted by atomic mass is 10.0. The van der Waals surface area contributed by atoms with E-state index in [-0.39, 0.29) is 12.4 Å². The van der Waals surface area contributed by atoms with Crippen LogP contribution in [0.25, 0.3) is 22.9 Å². The summed E-state index contributed by atoms with van der Waals surface area (Å²) in [5, 5.41) is 11.6. The first-order valence-electron chi connectivity index (χ1n) is 10.2. The van der Waals surface area contributed by atoms with Crippen molar-refractivity contribution >= 4 is 6.09 Å². The van der Waals surface area contributed by atoms with E-state index in [4.69, 9.17) is 4.74 Å². The fourth-order valence-corrected chi connectivity index (χ4v) is 3.47. The molecule has 0 radical (unpaired) electrons. The van der Waals surface area contributed by atoms with Gasteiger partial charge in [-0.15, -0.1) is 5.10 Å². The number of halogens is 3. The van der Waals surface area contributed by atoms with Crippen LogP contribution in [0, 0.1) is 0 Å². The first-order valence-corrected chi connectivity index (χ1v) is 10.2. The Kier molecular flexibility index (Phi) is 5.54. The maximum Gasteiger partial charge on any atom is 0.416 e. The van der Waals surface area contributed by atoms with Crippen LogP contribution in [0.2, 0.25) is 0 Å². The summed E-state index contributed by atoms with van der Waals surface area (Å²) in [5.41, 5.74) is 0.809. The Labute approximate surface area is 187 Å². The van der Waals surface area contributed by atoms with Crippen molar-refractivity contribution in [2.75, 3.05) is 6.54 Å². The number of aromatic nitrogens is 6. The van der Waals surface area contributed by atoms with Crippen LogP contribution in [0.1, 0.15) is 37.6 Å². The predicted molar refractivity (Wildman–Crippen MR) is 111 cm³/mol. The minimum absolute atomic E-state index is 0.165. The normalized spacial score (nSPS) is 14.2. The highest BCUT2D eigenvalue weighted by atomic mass is 19.4. The number of nitrogens with zero attached hydrogens (tertiary/aromatic N) is 7. The van der Waals surface area contributed by atoms with Gasteiger partial charge in [0.2, 0.25) is 5.82 Å². The van der Waals surface area contributed by atoms with Gasteiger partial charge in [0, 0.05) is 24.7 Å². The van der Waals surface area contributed by atoms with Gasteiger partial charge < -0.3 is 9.64 Å². The number of ether oxygens (including phenoxy) is 1. The number of fused-ring (bicyclic) bond motifs is 1. The summed E-state index contributed by atoms with van der Waals surface area (Å²) in [5.74, 6) is 0.610. The first-order chi connectivity index (χ1) is 15.4. The van der Waals surface area contributed by atoms with Crippen LogP contribution in [0.3, 0.4) is 0 Å². The number of rotatable bonds is 2. The van der Waals surface area contributed by atoms with Gasteiger partial charge in [-0.3, -0.25) is 0 Å². The number of tetrazole rings is 1. The number of hydrogen-bond donors (Lipinski definition) is 0. The Hall–Kier alpha value is -3.57. The Bertz CT molecular complexity index is 1180. The second kappa shape index (κ2) is 8.09. The van der Waals surface area contributed by atoms with Gasteiger partial charge in [0.25, 0.3) is 0 Å². The molecule has 0 atom stereocenters. The first kappa shape index (κ1) is 22.6. The smallest absolute Gasteiger partial charge is 0.416 e. The van der Waals surface area contributed by atoms with Crippen molar-refractivity contribution in [2.24, 2.45) is 7.05 Å². The molecule has 0 aliphatic carbocycles. The van der Waals surface area contributed by atoms with E-state index in [9.17, 15) is 18.0 Å². The molecule has 4 rings (SSSR count). The summed E-state index contributed by atoms with van der Waals surface area (Å²) in [6, 6.07) is 4.60. The summed E-state index contributed by atoms with van der Waals surface area (Å²) >= 11 is 0. The van der Waals surface area contributed by atoms with Crippen LogP contribution in [-0.4, -0.2) is 53.3 Å². The number of carbonyl (C=O) groups is 1. The molecule has 1 aliphatic rings. The highest BCUT2D eigenvalue weighted by Gasteiger charge is 2.32. The molecular formula is C21H22F3N7O2. The summed E-state index contributed by atoms with van der Waals surface area (Å²) < 4.78 is 45.8. The van der Waals surface area contributed by atoms with E-state index in [1.807, 2.05) is 0 Å². The molecule has 3 heterocycles. The minimum Gasteiger partial charge on any atom is -0.444 e. The number of hydrogen-bond acceptors (Lipinski definition) is 7. The van der Waals surface area contributed by atoms with Gasteiger partial charge in [-0.05, 0) is 49.8 Å². The van der Waals surface area contributed by atoms with Crippen LogP contribution >= 0.6 is 0 Å². The van der Waals surface area contributed by atoms with Crippen molar-refractivity contribution in [3.8, 4) is 22.9 Å². The molecule has 0 saturated heterocycles. The second-order valence-corrected chi connectivity index (χ2v) is 8.67. The lowest BCUT2D eigenvalue weighted by molar-refractivity contribution is -0.137. The molecule has 33 heavy (non-hydrogen) atoms. The van der Waals surface area contributed by atoms with Crippen molar-refractivity contribution in [2.45, 2.75) is 45.5 Å². The highest BCUT2D eigenvalue weighted by molar-refractivity contribution is 5.70. The molecule has 0 unspecified atom stereocenters. The zero-order valence-electron chi connectivity index (χ0n) is 18.5. The van der Waals surface area contributed by atoms with E-state index < -0.39 is 23.4 Å². The molecule has 1 aliphatic heterocycles. The van der Waals surface area contributed by atoms with E-state index in [1.54, 1.807) is 27.8 Å². The van der Waals surface area contributed by atoms with Gasteiger partial charge in [-0.1, -0.05) is 12.1 Å². The molecule has 9 nitrogen and oxygen atoms in total. The van der Waals surface area contributed by atoms with Gasteiger partial charge in [-0.25, -0.2) is 19.4 Å². The average Bonchev–Trinajstić information content (AvgIpc) is 3.16. The molecule has 0 N–H and O–H groups in total. The van der Waals surface area contributed by atoms with Crippen LogP contribution in [0.5, 0.6) is 0 Å². The largest absolute Gasteiger partial charge is 0.444 e. The number of amides is 1. The topological polar surface area (TPSA) is 98.9 Å². The van der Waals surface area contributed by atoms with Crippen molar-refractivity contribution in [1.82, 2.24) is 35.1 Å². The van der Waals surface area contributed by atoms with Gasteiger partial charge in [0.1, 0.15) is 11.3 Å². The molecule has 0 bridgehead atoms. The summed E-state index contributed by atoms with van der Waals surface area (Å²) in [4.78, 5) is 23.3. The van der Waals surface area contributed by atoms with E-state index in [0.29, 0.717) is 35.7 Å². The monoisotopic (exact) mass is 461 g/mol. The van der Waals surface area contributed by atoms with E-state index in [0.717, 1.165) is 17.7 Å². The summed E-state index contributed by atoms with van der Waals surface area (Å²) in [7, 11) is 1.66. The van der Waals surface area contributed by atoms with Crippen molar-refractivity contribution < 1.29 is 22.7 Å². The third kappa shape index (κ3) is 4.78. The van der Waals surface area contributed by atoms with Crippen LogP contribution in [0.4, 0.5) is 18.0 Å². The maximum atomic E-state index is 13.0.